The normalized spacial score (nSPS) is 20.1. The number of thiazole rings is 1. The fraction of sp³-hybridized carbons (Fsp3) is 0.450. The van der Waals surface area contributed by atoms with Crippen molar-refractivity contribution in [2.75, 3.05) is 32.8 Å². The molecule has 2 amide bonds. The SMILES string of the molecule is Cc1nc(-c2ccccc2)sc1C(=O)N1CCC[C@H]1C(=O)N1CCOCC1. The van der Waals surface area contributed by atoms with Crippen molar-refractivity contribution in [1.29, 1.82) is 0 Å². The molecule has 2 aliphatic rings. The molecule has 0 N–H and O–H groups in total. The zero-order chi connectivity index (χ0) is 18.8. The molecule has 1 atom stereocenters. The molecule has 2 aromatic rings. The average Bonchev–Trinajstić information content (AvgIpc) is 3.35. The molecule has 0 unspecified atom stereocenters. The lowest BCUT2D eigenvalue weighted by atomic mass is 10.1. The van der Waals surface area contributed by atoms with Crippen molar-refractivity contribution in [2.24, 2.45) is 0 Å². The molecule has 0 aliphatic carbocycles. The van der Waals surface area contributed by atoms with E-state index in [0.29, 0.717) is 37.7 Å². The molecule has 0 radical (unpaired) electrons. The smallest absolute Gasteiger partial charge is 0.266 e. The summed E-state index contributed by atoms with van der Waals surface area (Å²) in [7, 11) is 0. The van der Waals surface area contributed by atoms with E-state index in [9.17, 15) is 9.59 Å². The number of aryl methyl sites for hydroxylation is 1. The summed E-state index contributed by atoms with van der Waals surface area (Å²) in [5.74, 6) is -0.0223. The Morgan fingerprint density at radius 3 is 2.63 bits per heavy atom. The van der Waals surface area contributed by atoms with Gasteiger partial charge in [0.05, 0.1) is 18.9 Å². The Morgan fingerprint density at radius 2 is 1.89 bits per heavy atom. The van der Waals surface area contributed by atoms with E-state index in [-0.39, 0.29) is 17.9 Å². The van der Waals surface area contributed by atoms with Gasteiger partial charge in [-0.15, -0.1) is 11.3 Å². The van der Waals surface area contributed by atoms with Gasteiger partial charge < -0.3 is 14.5 Å². The zero-order valence-corrected chi connectivity index (χ0v) is 16.2. The summed E-state index contributed by atoms with van der Waals surface area (Å²) in [6, 6.07) is 9.51. The molecule has 0 saturated carbocycles. The van der Waals surface area contributed by atoms with Crippen LogP contribution in [0, 0.1) is 6.92 Å². The Balaban J connectivity index is 1.55. The van der Waals surface area contributed by atoms with Crippen molar-refractivity contribution in [3.05, 3.63) is 40.9 Å². The number of aromatic nitrogens is 1. The van der Waals surface area contributed by atoms with Gasteiger partial charge in [0.1, 0.15) is 15.9 Å². The molecule has 6 nitrogen and oxygen atoms in total. The second-order valence-corrected chi connectivity index (χ2v) is 7.89. The van der Waals surface area contributed by atoms with Crippen molar-refractivity contribution >= 4 is 23.2 Å². The number of rotatable bonds is 3. The largest absolute Gasteiger partial charge is 0.378 e. The molecule has 27 heavy (non-hydrogen) atoms. The standard InChI is InChI=1S/C20H23N3O3S/c1-14-17(27-18(21-14)15-6-3-2-4-7-15)20(25)23-9-5-8-16(23)19(24)22-10-12-26-13-11-22/h2-4,6-7,16H,5,8-13H2,1H3/t16-/m0/s1. The molecule has 3 heterocycles. The van der Waals surface area contributed by atoms with Crippen LogP contribution in [0.4, 0.5) is 0 Å². The van der Waals surface area contributed by atoms with Crippen molar-refractivity contribution in [3.8, 4) is 10.6 Å². The summed E-state index contributed by atoms with van der Waals surface area (Å²) in [5, 5.41) is 0.840. The highest BCUT2D eigenvalue weighted by atomic mass is 32.1. The fourth-order valence-electron chi connectivity index (χ4n) is 3.69. The van der Waals surface area contributed by atoms with Gasteiger partial charge >= 0.3 is 0 Å². The maximum atomic E-state index is 13.2. The average molecular weight is 385 g/mol. The van der Waals surface area contributed by atoms with Crippen LogP contribution in [0.3, 0.4) is 0 Å². The molecule has 1 aromatic heterocycles. The molecule has 2 fully saturated rings. The number of hydrogen-bond acceptors (Lipinski definition) is 5. The second-order valence-electron chi connectivity index (χ2n) is 6.89. The Kier molecular flexibility index (Phi) is 5.22. The van der Waals surface area contributed by atoms with Gasteiger partial charge in [0.2, 0.25) is 5.91 Å². The third kappa shape index (κ3) is 3.61. The molecule has 2 aliphatic heterocycles. The van der Waals surface area contributed by atoms with E-state index in [1.165, 1.54) is 11.3 Å². The maximum Gasteiger partial charge on any atom is 0.266 e. The minimum absolute atomic E-state index is 0.0506. The minimum Gasteiger partial charge on any atom is -0.378 e. The highest BCUT2D eigenvalue weighted by molar-refractivity contribution is 7.17. The van der Waals surface area contributed by atoms with Crippen molar-refractivity contribution in [1.82, 2.24) is 14.8 Å². The first kappa shape index (κ1) is 18.1. The van der Waals surface area contributed by atoms with E-state index >= 15 is 0 Å². The number of hydrogen-bond donors (Lipinski definition) is 0. The van der Waals surface area contributed by atoms with Crippen LogP contribution in [0.25, 0.3) is 10.6 Å². The molecular formula is C20H23N3O3S. The van der Waals surface area contributed by atoms with E-state index in [1.807, 2.05) is 42.2 Å². The number of benzene rings is 1. The molecule has 2 saturated heterocycles. The van der Waals surface area contributed by atoms with Crippen LogP contribution in [0.2, 0.25) is 0 Å². The third-order valence-corrected chi connectivity index (χ3v) is 6.33. The Hall–Kier alpha value is -2.25. The quantitative estimate of drug-likeness (QED) is 0.815. The van der Waals surface area contributed by atoms with E-state index in [1.54, 1.807) is 4.90 Å². The van der Waals surface area contributed by atoms with Gasteiger partial charge in [0.25, 0.3) is 5.91 Å². The lowest BCUT2D eigenvalue weighted by molar-refractivity contribution is -0.139. The highest BCUT2D eigenvalue weighted by Crippen LogP contribution is 2.31. The fourth-order valence-corrected chi connectivity index (χ4v) is 4.72. The van der Waals surface area contributed by atoms with Crippen molar-refractivity contribution < 1.29 is 14.3 Å². The Morgan fingerprint density at radius 1 is 1.15 bits per heavy atom. The van der Waals surface area contributed by atoms with E-state index in [4.69, 9.17) is 4.74 Å². The maximum absolute atomic E-state index is 13.2. The number of carbonyl (C=O) groups excluding carboxylic acids is 2. The Bertz CT molecular complexity index is 830. The van der Waals surface area contributed by atoms with Crippen LogP contribution in [-0.2, 0) is 9.53 Å². The van der Waals surface area contributed by atoms with Gasteiger partial charge in [-0.3, -0.25) is 9.59 Å². The second kappa shape index (κ2) is 7.78. The summed E-state index contributed by atoms with van der Waals surface area (Å²) in [4.78, 5) is 34.9. The van der Waals surface area contributed by atoms with E-state index < -0.39 is 0 Å². The molecule has 7 heteroatoms. The predicted molar refractivity (Wildman–Crippen MR) is 104 cm³/mol. The number of ether oxygens (including phenoxy) is 1. The van der Waals surface area contributed by atoms with Gasteiger partial charge in [-0.05, 0) is 19.8 Å². The first-order chi connectivity index (χ1) is 13.1. The first-order valence-electron chi connectivity index (χ1n) is 9.35. The van der Waals surface area contributed by atoms with Gasteiger partial charge in [0.15, 0.2) is 0 Å². The van der Waals surface area contributed by atoms with Crippen LogP contribution < -0.4 is 0 Å². The monoisotopic (exact) mass is 385 g/mol. The summed E-state index contributed by atoms with van der Waals surface area (Å²) in [5.41, 5.74) is 1.74. The lowest BCUT2D eigenvalue weighted by Crippen LogP contribution is -2.51. The van der Waals surface area contributed by atoms with Crippen molar-refractivity contribution in [3.63, 3.8) is 0 Å². The molecular weight excluding hydrogens is 362 g/mol. The van der Waals surface area contributed by atoms with Crippen LogP contribution in [0.15, 0.2) is 30.3 Å². The molecule has 1 aromatic carbocycles. The number of amides is 2. The van der Waals surface area contributed by atoms with Crippen LogP contribution in [-0.4, -0.2) is 65.5 Å². The van der Waals surface area contributed by atoms with Crippen LogP contribution in [0.1, 0.15) is 28.2 Å². The van der Waals surface area contributed by atoms with Gasteiger partial charge in [0, 0.05) is 25.2 Å². The highest BCUT2D eigenvalue weighted by Gasteiger charge is 2.38. The lowest BCUT2D eigenvalue weighted by Gasteiger charge is -2.32. The van der Waals surface area contributed by atoms with Crippen LogP contribution in [0.5, 0.6) is 0 Å². The minimum atomic E-state index is -0.364. The third-order valence-electron chi connectivity index (χ3n) is 5.13. The predicted octanol–water partition coefficient (Wildman–Crippen LogP) is 2.58. The summed E-state index contributed by atoms with van der Waals surface area (Å²) >= 11 is 1.41. The summed E-state index contributed by atoms with van der Waals surface area (Å²) in [6.45, 7) is 4.84. The van der Waals surface area contributed by atoms with Gasteiger partial charge in [-0.1, -0.05) is 30.3 Å². The summed E-state index contributed by atoms with van der Waals surface area (Å²) < 4.78 is 5.34. The molecule has 0 spiro atoms. The van der Waals surface area contributed by atoms with Crippen molar-refractivity contribution in [2.45, 2.75) is 25.8 Å². The summed E-state index contributed by atoms with van der Waals surface area (Å²) in [6.07, 6.45) is 1.58. The van der Waals surface area contributed by atoms with E-state index in [0.717, 1.165) is 29.1 Å². The van der Waals surface area contributed by atoms with Gasteiger partial charge in [-0.25, -0.2) is 4.98 Å². The molecule has 4 rings (SSSR count). The Labute approximate surface area is 162 Å². The van der Waals surface area contributed by atoms with Gasteiger partial charge in [-0.2, -0.15) is 0 Å². The number of carbonyl (C=O) groups is 2. The number of likely N-dealkylation sites (tertiary alicyclic amines) is 1. The first-order valence-corrected chi connectivity index (χ1v) is 10.2. The number of morpholine rings is 1. The topological polar surface area (TPSA) is 62.7 Å². The molecule has 0 bridgehead atoms. The van der Waals surface area contributed by atoms with Crippen LogP contribution >= 0.6 is 11.3 Å². The number of nitrogens with zero attached hydrogens (tertiary/aromatic N) is 3. The van der Waals surface area contributed by atoms with E-state index in [2.05, 4.69) is 4.98 Å². The molecule has 142 valence electrons. The zero-order valence-electron chi connectivity index (χ0n) is 15.4.